The molecular weight excluding hydrogens is 266 g/mol. The van der Waals surface area contributed by atoms with Gasteiger partial charge < -0.3 is 5.73 Å². The molecule has 0 atom stereocenters. The Labute approximate surface area is 86.0 Å². The van der Waals surface area contributed by atoms with E-state index in [1.807, 2.05) is 0 Å². The summed E-state index contributed by atoms with van der Waals surface area (Å²) in [6.07, 6.45) is -4.71. The highest BCUT2D eigenvalue weighted by molar-refractivity contribution is 9.08. The fourth-order valence-electron chi connectivity index (χ4n) is 0.992. The zero-order valence-electron chi connectivity index (χ0n) is 6.83. The van der Waals surface area contributed by atoms with Crippen molar-refractivity contribution in [1.29, 1.82) is 0 Å². The van der Waals surface area contributed by atoms with Crippen LogP contribution in [0.1, 0.15) is 11.1 Å². The van der Waals surface area contributed by atoms with E-state index in [1.54, 1.807) is 0 Å². The minimum absolute atomic E-state index is 0.195. The van der Waals surface area contributed by atoms with Crippen LogP contribution in [0.15, 0.2) is 12.1 Å². The van der Waals surface area contributed by atoms with Crippen molar-refractivity contribution >= 4 is 21.6 Å². The topological polar surface area (TPSA) is 26.0 Å². The van der Waals surface area contributed by atoms with Crippen LogP contribution in [0.5, 0.6) is 0 Å². The van der Waals surface area contributed by atoms with E-state index in [-0.39, 0.29) is 10.9 Å². The van der Waals surface area contributed by atoms with Gasteiger partial charge in [0, 0.05) is 5.33 Å². The maximum Gasteiger partial charge on any atom is 0.419 e. The minimum Gasteiger partial charge on any atom is -0.396 e. The Morgan fingerprint density at radius 2 is 1.86 bits per heavy atom. The highest BCUT2D eigenvalue weighted by atomic mass is 79.9. The second kappa shape index (κ2) is 3.76. The first kappa shape index (κ1) is 11.3. The van der Waals surface area contributed by atoms with Gasteiger partial charge in [-0.25, -0.2) is 4.39 Å². The third kappa shape index (κ3) is 2.17. The molecule has 0 aliphatic heterocycles. The summed E-state index contributed by atoms with van der Waals surface area (Å²) in [6, 6.07) is 1.90. The number of alkyl halides is 4. The summed E-state index contributed by atoms with van der Waals surface area (Å²) in [4.78, 5) is 0. The van der Waals surface area contributed by atoms with Gasteiger partial charge in [0.25, 0.3) is 0 Å². The summed E-state index contributed by atoms with van der Waals surface area (Å²) in [6.45, 7) is 0. The van der Waals surface area contributed by atoms with Crippen LogP contribution in [0.3, 0.4) is 0 Å². The minimum atomic E-state index is -4.71. The monoisotopic (exact) mass is 271 g/mol. The second-order valence-electron chi connectivity index (χ2n) is 2.68. The summed E-state index contributed by atoms with van der Waals surface area (Å²) in [5.41, 5.74) is 3.57. The predicted molar refractivity (Wildman–Crippen MR) is 48.4 cm³/mol. The summed E-state index contributed by atoms with van der Waals surface area (Å²) in [7, 11) is 0. The van der Waals surface area contributed by atoms with Gasteiger partial charge in [-0.2, -0.15) is 13.2 Å². The quantitative estimate of drug-likeness (QED) is 0.473. The first-order valence-electron chi connectivity index (χ1n) is 3.57. The van der Waals surface area contributed by atoms with Crippen LogP contribution >= 0.6 is 15.9 Å². The Balaban J connectivity index is 3.35. The van der Waals surface area contributed by atoms with Crippen molar-refractivity contribution in [3.8, 4) is 0 Å². The maximum absolute atomic E-state index is 13.0. The number of hydrogen-bond donors (Lipinski definition) is 1. The zero-order chi connectivity index (χ0) is 10.9. The summed E-state index contributed by atoms with van der Waals surface area (Å²) >= 11 is 2.97. The number of hydrogen-bond acceptors (Lipinski definition) is 1. The van der Waals surface area contributed by atoms with Gasteiger partial charge in [0.15, 0.2) is 5.82 Å². The average molecular weight is 272 g/mol. The molecule has 1 aromatic carbocycles. The Hall–Kier alpha value is -0.780. The van der Waals surface area contributed by atoms with Gasteiger partial charge in [0.2, 0.25) is 0 Å². The third-order valence-corrected chi connectivity index (χ3v) is 2.27. The van der Waals surface area contributed by atoms with Gasteiger partial charge >= 0.3 is 6.18 Å². The Kier molecular flexibility index (Phi) is 3.04. The van der Waals surface area contributed by atoms with E-state index in [0.29, 0.717) is 0 Å². The highest BCUT2D eigenvalue weighted by Crippen LogP contribution is 2.34. The van der Waals surface area contributed by atoms with Crippen LogP contribution in [0, 0.1) is 5.82 Å². The standard InChI is InChI=1S/C8H6BrF4N/c9-3-4-1-5(8(11,12)13)7(10)6(14)2-4/h1-2H,3,14H2. The molecule has 0 heterocycles. The molecule has 0 aliphatic carbocycles. The summed E-state index contributed by atoms with van der Waals surface area (Å²) < 4.78 is 49.7. The Morgan fingerprint density at radius 3 is 2.29 bits per heavy atom. The van der Waals surface area contributed by atoms with Crippen molar-refractivity contribution in [2.75, 3.05) is 5.73 Å². The Morgan fingerprint density at radius 1 is 1.29 bits per heavy atom. The molecule has 0 radical (unpaired) electrons. The van der Waals surface area contributed by atoms with Crippen LogP contribution in [0.25, 0.3) is 0 Å². The lowest BCUT2D eigenvalue weighted by atomic mass is 10.1. The summed E-state index contributed by atoms with van der Waals surface area (Å²) in [5, 5.41) is 0.195. The molecule has 2 N–H and O–H groups in total. The first-order valence-corrected chi connectivity index (χ1v) is 4.69. The lowest BCUT2D eigenvalue weighted by Gasteiger charge is -2.10. The van der Waals surface area contributed by atoms with Gasteiger partial charge in [-0.1, -0.05) is 15.9 Å². The van der Waals surface area contributed by atoms with Crippen molar-refractivity contribution < 1.29 is 17.6 Å². The number of anilines is 1. The van der Waals surface area contributed by atoms with Gasteiger partial charge in [-0.3, -0.25) is 0 Å². The molecule has 0 amide bonds. The molecule has 0 bridgehead atoms. The molecule has 1 nitrogen and oxygen atoms in total. The van der Waals surface area contributed by atoms with Gasteiger partial charge in [-0.15, -0.1) is 0 Å². The molecule has 14 heavy (non-hydrogen) atoms. The van der Waals surface area contributed by atoms with Gasteiger partial charge in [-0.05, 0) is 17.7 Å². The van der Waals surface area contributed by atoms with Crippen molar-refractivity contribution in [3.05, 3.63) is 29.1 Å². The smallest absolute Gasteiger partial charge is 0.396 e. The first-order chi connectivity index (χ1) is 6.36. The largest absolute Gasteiger partial charge is 0.419 e. The zero-order valence-corrected chi connectivity index (χ0v) is 8.41. The van der Waals surface area contributed by atoms with Crippen LogP contribution in [-0.2, 0) is 11.5 Å². The third-order valence-electron chi connectivity index (χ3n) is 1.62. The number of nitrogens with two attached hydrogens (primary N) is 1. The molecule has 78 valence electrons. The molecule has 0 saturated heterocycles. The maximum atomic E-state index is 13.0. The predicted octanol–water partition coefficient (Wildman–Crippen LogP) is 3.32. The molecule has 1 rings (SSSR count). The number of halogens is 5. The lowest BCUT2D eigenvalue weighted by molar-refractivity contribution is -0.139. The van der Waals surface area contributed by atoms with E-state index in [0.717, 1.165) is 6.07 Å². The normalized spacial score (nSPS) is 11.8. The molecule has 0 saturated carbocycles. The number of benzene rings is 1. The van der Waals surface area contributed by atoms with E-state index in [1.165, 1.54) is 6.07 Å². The van der Waals surface area contributed by atoms with Gasteiger partial charge in [0.05, 0.1) is 11.3 Å². The molecule has 1 aromatic rings. The molecular formula is C8H6BrF4N. The molecule has 6 heteroatoms. The van der Waals surface area contributed by atoms with Crippen molar-refractivity contribution in [2.24, 2.45) is 0 Å². The van der Waals surface area contributed by atoms with Crippen LogP contribution in [-0.4, -0.2) is 0 Å². The van der Waals surface area contributed by atoms with Crippen LogP contribution < -0.4 is 5.73 Å². The molecule has 0 fully saturated rings. The van der Waals surface area contributed by atoms with E-state index < -0.39 is 23.2 Å². The van der Waals surface area contributed by atoms with Crippen molar-refractivity contribution in [2.45, 2.75) is 11.5 Å². The SMILES string of the molecule is Nc1cc(CBr)cc(C(F)(F)F)c1F. The molecule has 0 spiro atoms. The molecule has 0 unspecified atom stereocenters. The van der Waals surface area contributed by atoms with Gasteiger partial charge in [0.1, 0.15) is 0 Å². The Bertz CT molecular complexity index is 348. The van der Waals surface area contributed by atoms with Crippen LogP contribution in [0.2, 0.25) is 0 Å². The van der Waals surface area contributed by atoms with E-state index in [2.05, 4.69) is 15.9 Å². The second-order valence-corrected chi connectivity index (χ2v) is 3.24. The van der Waals surface area contributed by atoms with E-state index in [9.17, 15) is 17.6 Å². The fraction of sp³-hybridized carbons (Fsp3) is 0.250. The van der Waals surface area contributed by atoms with Crippen molar-refractivity contribution in [1.82, 2.24) is 0 Å². The highest BCUT2D eigenvalue weighted by Gasteiger charge is 2.35. The lowest BCUT2D eigenvalue weighted by Crippen LogP contribution is -2.10. The van der Waals surface area contributed by atoms with Crippen LogP contribution in [0.4, 0.5) is 23.2 Å². The van der Waals surface area contributed by atoms with Crippen molar-refractivity contribution in [3.63, 3.8) is 0 Å². The van der Waals surface area contributed by atoms with E-state index in [4.69, 9.17) is 5.73 Å². The number of nitrogen functional groups attached to an aromatic ring is 1. The summed E-state index contributed by atoms with van der Waals surface area (Å²) in [5.74, 6) is -1.41. The van der Waals surface area contributed by atoms with E-state index >= 15 is 0 Å². The number of rotatable bonds is 1. The molecule has 0 aromatic heterocycles. The fourth-order valence-corrected chi connectivity index (χ4v) is 1.32. The molecule has 0 aliphatic rings. The average Bonchev–Trinajstić information content (AvgIpc) is 2.07.